The van der Waals surface area contributed by atoms with Crippen LogP contribution in [0.3, 0.4) is 0 Å². The molecule has 2 aromatic rings. The van der Waals surface area contributed by atoms with Crippen molar-refractivity contribution in [3.05, 3.63) is 45.9 Å². The van der Waals surface area contributed by atoms with Gasteiger partial charge >= 0.3 is 21.6 Å². The van der Waals surface area contributed by atoms with Crippen molar-refractivity contribution < 1.29 is 40.1 Å². The van der Waals surface area contributed by atoms with E-state index < -0.39 is 38.5 Å². The fourth-order valence-corrected chi connectivity index (χ4v) is 2.42. The van der Waals surface area contributed by atoms with E-state index in [2.05, 4.69) is 8.92 Å². The highest BCUT2D eigenvalue weighted by atomic mass is 32.2. The van der Waals surface area contributed by atoms with Crippen molar-refractivity contribution in [1.82, 2.24) is 4.40 Å². The minimum absolute atomic E-state index is 0.0651. The number of aldehydes is 1. The molecule has 0 aliphatic rings. The molecule has 0 aliphatic heterocycles. The van der Waals surface area contributed by atoms with Gasteiger partial charge in [-0.15, -0.1) is 0 Å². The summed E-state index contributed by atoms with van der Waals surface area (Å²) in [6, 6.07) is 2.80. The topological polar surface area (TPSA) is 108 Å². The van der Waals surface area contributed by atoms with E-state index in [-0.39, 0.29) is 17.7 Å². The van der Waals surface area contributed by atoms with Crippen LogP contribution in [-0.2, 0) is 14.9 Å². The Kier molecular flexibility index (Phi) is 5.07. The average Bonchev–Trinajstić information content (AvgIpc) is 2.54. The van der Waals surface area contributed by atoms with Gasteiger partial charge < -0.3 is 8.92 Å². The monoisotopic (exact) mass is 393 g/mol. The highest BCUT2D eigenvalue weighted by Gasteiger charge is 2.48. The highest BCUT2D eigenvalue weighted by Crippen LogP contribution is 2.27. The summed E-state index contributed by atoms with van der Waals surface area (Å²) in [6.07, 6.45) is 0.932. The lowest BCUT2D eigenvalue weighted by Gasteiger charge is -2.11. The molecule has 0 radical (unpaired) electrons. The molecule has 26 heavy (non-hydrogen) atoms. The summed E-state index contributed by atoms with van der Waals surface area (Å²) >= 11 is 0. The minimum atomic E-state index is -5.96. The molecular formula is C14H10F3NO7S. The summed E-state index contributed by atoms with van der Waals surface area (Å²) in [5.74, 6) is -1.89. The maximum absolute atomic E-state index is 12.4. The first-order valence-corrected chi connectivity index (χ1v) is 8.25. The molecule has 0 amide bonds. The van der Waals surface area contributed by atoms with E-state index >= 15 is 0 Å². The molecular weight excluding hydrogens is 383 g/mol. The van der Waals surface area contributed by atoms with Crippen molar-refractivity contribution in [2.24, 2.45) is 0 Å². The lowest BCUT2D eigenvalue weighted by atomic mass is 10.1. The summed E-state index contributed by atoms with van der Waals surface area (Å²) in [4.78, 5) is 35.3. The van der Waals surface area contributed by atoms with Gasteiger partial charge in [-0.05, 0) is 25.1 Å². The molecule has 0 aromatic carbocycles. The fraction of sp³-hybridized carbons (Fsp3) is 0.214. The van der Waals surface area contributed by atoms with E-state index in [1.165, 1.54) is 6.92 Å². The maximum atomic E-state index is 12.4. The molecule has 2 rings (SSSR count). The summed E-state index contributed by atoms with van der Waals surface area (Å²) in [5.41, 5.74) is -7.47. The molecule has 8 nitrogen and oxygen atoms in total. The minimum Gasteiger partial charge on any atom is -0.462 e. The third-order valence-electron chi connectivity index (χ3n) is 3.08. The van der Waals surface area contributed by atoms with Crippen LogP contribution in [0.2, 0.25) is 0 Å². The van der Waals surface area contributed by atoms with Crippen LogP contribution in [0.15, 0.2) is 29.2 Å². The number of rotatable bonds is 5. The van der Waals surface area contributed by atoms with Gasteiger partial charge in [-0.3, -0.25) is 14.0 Å². The van der Waals surface area contributed by atoms with E-state index in [0.717, 1.165) is 18.2 Å². The summed E-state index contributed by atoms with van der Waals surface area (Å²) in [5, 5.41) is 0. The van der Waals surface area contributed by atoms with Crippen molar-refractivity contribution in [2.45, 2.75) is 12.4 Å². The first kappa shape index (κ1) is 19.4. The third-order valence-corrected chi connectivity index (χ3v) is 4.06. The number of carbonyl (C=O) groups is 2. The Labute approximate surface area is 143 Å². The highest BCUT2D eigenvalue weighted by molar-refractivity contribution is 7.88. The lowest BCUT2D eigenvalue weighted by Crippen LogP contribution is -2.28. The molecule has 2 aromatic heterocycles. The van der Waals surface area contributed by atoms with Gasteiger partial charge in [0.15, 0.2) is 12.0 Å². The Morgan fingerprint density at radius 3 is 2.50 bits per heavy atom. The zero-order valence-electron chi connectivity index (χ0n) is 12.9. The quantitative estimate of drug-likeness (QED) is 0.328. The smallest absolute Gasteiger partial charge is 0.462 e. The van der Waals surface area contributed by atoms with Crippen molar-refractivity contribution >= 4 is 27.9 Å². The third kappa shape index (κ3) is 3.54. The van der Waals surface area contributed by atoms with E-state index in [1.54, 1.807) is 0 Å². The Morgan fingerprint density at radius 1 is 1.31 bits per heavy atom. The molecule has 0 saturated carbocycles. The molecule has 0 aliphatic carbocycles. The second kappa shape index (κ2) is 6.78. The summed E-state index contributed by atoms with van der Waals surface area (Å²) in [6.45, 7) is 1.41. The first-order valence-electron chi connectivity index (χ1n) is 6.84. The van der Waals surface area contributed by atoms with Gasteiger partial charge in [-0.1, -0.05) is 0 Å². The van der Waals surface area contributed by atoms with Crippen LogP contribution in [0.1, 0.15) is 27.6 Å². The number of alkyl halides is 3. The zero-order valence-corrected chi connectivity index (χ0v) is 13.8. The van der Waals surface area contributed by atoms with Crippen LogP contribution >= 0.6 is 0 Å². The predicted molar refractivity (Wildman–Crippen MR) is 80.6 cm³/mol. The number of hydrogen-bond donors (Lipinski definition) is 0. The SMILES string of the molecule is CCOC(=O)c1cc(C=O)c2ccc(OS(=O)(=O)C(F)(F)F)cn2c1=O. The fourth-order valence-electron chi connectivity index (χ4n) is 1.98. The Balaban J connectivity index is 2.67. The second-order valence-electron chi connectivity index (χ2n) is 4.76. The Hall–Kier alpha value is -2.89. The molecule has 0 spiro atoms. The average molecular weight is 393 g/mol. The van der Waals surface area contributed by atoms with Gasteiger partial charge in [-0.2, -0.15) is 21.6 Å². The van der Waals surface area contributed by atoms with E-state index in [4.69, 9.17) is 0 Å². The number of nitrogens with zero attached hydrogens (tertiary/aromatic N) is 1. The van der Waals surface area contributed by atoms with Gasteiger partial charge in [0, 0.05) is 5.56 Å². The van der Waals surface area contributed by atoms with Crippen molar-refractivity contribution in [3.63, 3.8) is 0 Å². The molecule has 0 atom stereocenters. The van der Waals surface area contributed by atoms with Crippen LogP contribution in [0.5, 0.6) is 5.75 Å². The van der Waals surface area contributed by atoms with E-state index in [9.17, 15) is 36.0 Å². The normalized spacial score (nSPS) is 12.0. The van der Waals surface area contributed by atoms with Crippen molar-refractivity contribution in [3.8, 4) is 5.75 Å². The van der Waals surface area contributed by atoms with Gasteiger partial charge in [-0.25, -0.2) is 4.79 Å². The molecule has 0 unspecified atom stereocenters. The molecule has 0 bridgehead atoms. The molecule has 12 heteroatoms. The number of ether oxygens (including phenoxy) is 1. The van der Waals surface area contributed by atoms with Crippen molar-refractivity contribution in [1.29, 1.82) is 0 Å². The molecule has 140 valence electrons. The zero-order chi connectivity index (χ0) is 19.7. The van der Waals surface area contributed by atoms with Crippen molar-refractivity contribution in [2.75, 3.05) is 6.61 Å². The lowest BCUT2D eigenvalue weighted by molar-refractivity contribution is -0.0500. The van der Waals surface area contributed by atoms with E-state index in [0.29, 0.717) is 16.9 Å². The Bertz CT molecular complexity index is 1040. The number of carbonyl (C=O) groups excluding carboxylic acids is 2. The van der Waals surface area contributed by atoms with Crippen LogP contribution in [0.25, 0.3) is 5.52 Å². The van der Waals surface area contributed by atoms with Gasteiger partial charge in [0.1, 0.15) is 5.56 Å². The second-order valence-corrected chi connectivity index (χ2v) is 6.30. The standard InChI is InChI=1S/C14H10F3NO7S/c1-2-24-13(21)10-5-8(7-19)11-4-3-9(6-18(11)12(10)20)25-26(22,23)14(15,16)17/h3-7H,2H2,1H3. The molecule has 0 saturated heterocycles. The number of hydrogen-bond acceptors (Lipinski definition) is 7. The molecule has 0 N–H and O–H groups in total. The van der Waals surface area contributed by atoms with Crippen LogP contribution in [-0.4, -0.2) is 37.2 Å². The molecule has 2 heterocycles. The molecule has 0 fully saturated rings. The van der Waals surface area contributed by atoms with E-state index in [1.807, 2.05) is 0 Å². The number of fused-ring (bicyclic) bond motifs is 1. The summed E-state index contributed by atoms with van der Waals surface area (Å²) in [7, 11) is -5.96. The van der Waals surface area contributed by atoms with Crippen LogP contribution in [0.4, 0.5) is 13.2 Å². The van der Waals surface area contributed by atoms with Crippen LogP contribution < -0.4 is 9.74 Å². The maximum Gasteiger partial charge on any atom is 0.534 e. The van der Waals surface area contributed by atoms with Crippen LogP contribution in [0, 0.1) is 0 Å². The Morgan fingerprint density at radius 2 is 1.96 bits per heavy atom. The van der Waals surface area contributed by atoms with Gasteiger partial charge in [0.2, 0.25) is 0 Å². The summed E-state index contributed by atoms with van der Waals surface area (Å²) < 4.78 is 68.5. The number of esters is 1. The number of aromatic nitrogens is 1. The largest absolute Gasteiger partial charge is 0.534 e. The first-order chi connectivity index (χ1) is 12.0. The number of pyridine rings is 2. The van der Waals surface area contributed by atoms with Gasteiger partial charge in [0.25, 0.3) is 5.56 Å². The number of halogens is 3. The predicted octanol–water partition coefficient (Wildman–Crippen LogP) is 1.52. The van der Waals surface area contributed by atoms with Gasteiger partial charge in [0.05, 0.1) is 18.3 Å².